The Morgan fingerprint density at radius 1 is 1.38 bits per heavy atom. The lowest BCUT2D eigenvalue weighted by Crippen LogP contribution is -2.39. The SMILES string of the molecule is Cc1nc(CCNC(=O)CC2(C(=O)O)CCCCC2)cs1. The molecule has 1 aromatic rings. The maximum atomic E-state index is 12.0. The number of carbonyl (C=O) groups excluding carboxylic acids is 1. The molecule has 21 heavy (non-hydrogen) atoms. The van der Waals surface area contributed by atoms with Crippen LogP contribution in [-0.4, -0.2) is 28.5 Å². The number of nitrogens with one attached hydrogen (secondary N) is 1. The first kappa shape index (κ1) is 15.9. The molecule has 6 heteroatoms. The Morgan fingerprint density at radius 3 is 2.67 bits per heavy atom. The molecule has 0 radical (unpaired) electrons. The monoisotopic (exact) mass is 310 g/mol. The Kier molecular flexibility index (Phi) is 5.33. The number of amides is 1. The maximum Gasteiger partial charge on any atom is 0.310 e. The quantitative estimate of drug-likeness (QED) is 0.846. The van der Waals surface area contributed by atoms with Gasteiger partial charge in [-0.15, -0.1) is 11.3 Å². The van der Waals surface area contributed by atoms with E-state index >= 15 is 0 Å². The molecule has 0 unspecified atom stereocenters. The molecule has 1 aliphatic rings. The molecule has 2 rings (SSSR count). The predicted octanol–water partition coefficient (Wildman–Crippen LogP) is 2.54. The molecular formula is C15H22N2O3S. The first-order chi connectivity index (χ1) is 10.0. The van der Waals surface area contributed by atoms with E-state index in [0.29, 0.717) is 25.8 Å². The lowest BCUT2D eigenvalue weighted by atomic mass is 9.71. The van der Waals surface area contributed by atoms with Gasteiger partial charge in [-0.1, -0.05) is 19.3 Å². The summed E-state index contributed by atoms with van der Waals surface area (Å²) in [6, 6.07) is 0. The van der Waals surface area contributed by atoms with Crippen LogP contribution in [-0.2, 0) is 16.0 Å². The number of carboxylic acid groups (broad SMARTS) is 1. The molecule has 1 heterocycles. The molecule has 1 fully saturated rings. The van der Waals surface area contributed by atoms with Gasteiger partial charge in [-0.05, 0) is 19.8 Å². The number of carbonyl (C=O) groups is 2. The number of aryl methyl sites for hydroxylation is 1. The fourth-order valence-electron chi connectivity index (χ4n) is 2.92. The zero-order chi connectivity index (χ0) is 15.3. The predicted molar refractivity (Wildman–Crippen MR) is 81.3 cm³/mol. The van der Waals surface area contributed by atoms with E-state index in [9.17, 15) is 14.7 Å². The number of aliphatic carboxylic acids is 1. The Hall–Kier alpha value is -1.43. The topological polar surface area (TPSA) is 79.3 Å². The van der Waals surface area contributed by atoms with Crippen LogP contribution in [0.2, 0.25) is 0 Å². The molecule has 2 N–H and O–H groups in total. The van der Waals surface area contributed by atoms with Crippen molar-refractivity contribution >= 4 is 23.2 Å². The van der Waals surface area contributed by atoms with Crippen molar-refractivity contribution < 1.29 is 14.7 Å². The average molecular weight is 310 g/mol. The minimum atomic E-state index is -0.848. The molecule has 0 aliphatic heterocycles. The lowest BCUT2D eigenvalue weighted by Gasteiger charge is -2.32. The number of thiazole rings is 1. The van der Waals surface area contributed by atoms with Crippen LogP contribution in [0.4, 0.5) is 0 Å². The Morgan fingerprint density at radius 2 is 2.10 bits per heavy atom. The smallest absolute Gasteiger partial charge is 0.310 e. The molecular weight excluding hydrogens is 288 g/mol. The second-order valence-electron chi connectivity index (χ2n) is 5.78. The number of carboxylic acids is 1. The highest BCUT2D eigenvalue weighted by molar-refractivity contribution is 7.09. The third-order valence-electron chi connectivity index (χ3n) is 4.13. The maximum absolute atomic E-state index is 12.0. The molecule has 1 amide bonds. The molecule has 116 valence electrons. The van der Waals surface area contributed by atoms with Gasteiger partial charge in [0.25, 0.3) is 0 Å². The van der Waals surface area contributed by atoms with Crippen LogP contribution < -0.4 is 5.32 Å². The summed E-state index contributed by atoms with van der Waals surface area (Å²) in [5.41, 5.74) is 0.128. The Labute approximate surface area is 128 Å². The van der Waals surface area contributed by atoms with E-state index in [-0.39, 0.29) is 12.3 Å². The molecule has 1 aliphatic carbocycles. The van der Waals surface area contributed by atoms with Crippen molar-refractivity contribution in [1.29, 1.82) is 0 Å². The molecule has 1 saturated carbocycles. The van der Waals surface area contributed by atoms with Crippen LogP contribution in [0.5, 0.6) is 0 Å². The van der Waals surface area contributed by atoms with Gasteiger partial charge in [-0.2, -0.15) is 0 Å². The fourth-order valence-corrected chi connectivity index (χ4v) is 3.56. The molecule has 5 nitrogen and oxygen atoms in total. The minimum absolute atomic E-state index is 0.0957. The Balaban J connectivity index is 1.81. The Bertz CT molecular complexity index is 507. The van der Waals surface area contributed by atoms with E-state index < -0.39 is 11.4 Å². The van der Waals surface area contributed by atoms with Crippen molar-refractivity contribution in [3.05, 3.63) is 16.1 Å². The largest absolute Gasteiger partial charge is 0.481 e. The van der Waals surface area contributed by atoms with E-state index in [2.05, 4.69) is 10.3 Å². The number of aromatic nitrogens is 1. The normalized spacial score (nSPS) is 17.4. The molecule has 0 spiro atoms. The summed E-state index contributed by atoms with van der Waals surface area (Å²) in [5.74, 6) is -0.987. The van der Waals surface area contributed by atoms with E-state index in [1.807, 2.05) is 12.3 Å². The second-order valence-corrected chi connectivity index (χ2v) is 6.84. The highest BCUT2D eigenvalue weighted by Crippen LogP contribution is 2.39. The standard InChI is InChI=1S/C15H22N2O3S/c1-11-17-12(10-21-11)5-8-16-13(18)9-15(14(19)20)6-3-2-4-7-15/h10H,2-9H2,1H3,(H,16,18)(H,19,20). The van der Waals surface area contributed by atoms with Gasteiger partial charge in [-0.3, -0.25) is 9.59 Å². The third kappa shape index (κ3) is 4.27. The number of hydrogen-bond donors (Lipinski definition) is 2. The minimum Gasteiger partial charge on any atom is -0.481 e. The summed E-state index contributed by atoms with van der Waals surface area (Å²) in [6.45, 7) is 2.46. The molecule has 0 bridgehead atoms. The first-order valence-corrected chi connectivity index (χ1v) is 8.31. The van der Waals surface area contributed by atoms with Gasteiger partial charge >= 0.3 is 5.97 Å². The van der Waals surface area contributed by atoms with Crippen molar-refractivity contribution in [3.63, 3.8) is 0 Å². The zero-order valence-electron chi connectivity index (χ0n) is 12.4. The van der Waals surface area contributed by atoms with Gasteiger partial charge in [0.2, 0.25) is 5.91 Å². The van der Waals surface area contributed by atoms with Crippen LogP contribution in [0, 0.1) is 12.3 Å². The third-order valence-corrected chi connectivity index (χ3v) is 4.96. The van der Waals surface area contributed by atoms with Crippen molar-refractivity contribution in [2.45, 2.75) is 51.9 Å². The summed E-state index contributed by atoms with van der Waals surface area (Å²) in [4.78, 5) is 27.9. The van der Waals surface area contributed by atoms with Gasteiger partial charge in [0.05, 0.1) is 16.1 Å². The van der Waals surface area contributed by atoms with Gasteiger partial charge in [0, 0.05) is 24.8 Å². The second kappa shape index (κ2) is 7.02. The van der Waals surface area contributed by atoms with Crippen molar-refractivity contribution in [1.82, 2.24) is 10.3 Å². The first-order valence-electron chi connectivity index (χ1n) is 7.43. The van der Waals surface area contributed by atoms with Crippen molar-refractivity contribution in [2.24, 2.45) is 5.41 Å². The number of hydrogen-bond acceptors (Lipinski definition) is 4. The molecule has 1 aromatic heterocycles. The van der Waals surface area contributed by atoms with Crippen molar-refractivity contribution in [2.75, 3.05) is 6.54 Å². The summed E-state index contributed by atoms with van der Waals surface area (Å²) >= 11 is 1.59. The van der Waals surface area contributed by atoms with Crippen LogP contribution in [0.25, 0.3) is 0 Å². The van der Waals surface area contributed by atoms with E-state index in [1.54, 1.807) is 11.3 Å². The van der Waals surface area contributed by atoms with Crippen LogP contribution >= 0.6 is 11.3 Å². The van der Waals surface area contributed by atoms with E-state index in [0.717, 1.165) is 30.0 Å². The fraction of sp³-hybridized carbons (Fsp3) is 0.667. The van der Waals surface area contributed by atoms with Gasteiger partial charge in [0.15, 0.2) is 0 Å². The number of nitrogens with zero attached hydrogens (tertiary/aromatic N) is 1. The van der Waals surface area contributed by atoms with Crippen molar-refractivity contribution in [3.8, 4) is 0 Å². The van der Waals surface area contributed by atoms with Crippen LogP contribution in [0.1, 0.15) is 49.2 Å². The van der Waals surface area contributed by atoms with Crippen LogP contribution in [0.15, 0.2) is 5.38 Å². The summed E-state index contributed by atoms with van der Waals surface area (Å²) in [7, 11) is 0. The van der Waals surface area contributed by atoms with Gasteiger partial charge in [0.1, 0.15) is 0 Å². The number of rotatable bonds is 6. The molecule has 0 atom stereocenters. The summed E-state index contributed by atoms with van der Waals surface area (Å²) in [5, 5.41) is 15.3. The van der Waals surface area contributed by atoms with E-state index in [4.69, 9.17) is 0 Å². The highest BCUT2D eigenvalue weighted by Gasteiger charge is 2.41. The van der Waals surface area contributed by atoms with E-state index in [1.165, 1.54) is 0 Å². The highest BCUT2D eigenvalue weighted by atomic mass is 32.1. The average Bonchev–Trinajstić information content (AvgIpc) is 2.85. The van der Waals surface area contributed by atoms with Gasteiger partial charge < -0.3 is 10.4 Å². The zero-order valence-corrected chi connectivity index (χ0v) is 13.2. The van der Waals surface area contributed by atoms with Crippen LogP contribution in [0.3, 0.4) is 0 Å². The summed E-state index contributed by atoms with van der Waals surface area (Å²) < 4.78 is 0. The van der Waals surface area contributed by atoms with Gasteiger partial charge in [-0.25, -0.2) is 4.98 Å². The molecule has 0 saturated heterocycles. The molecule has 0 aromatic carbocycles. The summed E-state index contributed by atoms with van der Waals surface area (Å²) in [6.07, 6.45) is 4.88. The lowest BCUT2D eigenvalue weighted by molar-refractivity contribution is -0.154.